The second-order valence-electron chi connectivity index (χ2n) is 5.83. The van der Waals surface area contributed by atoms with Crippen LogP contribution in [0.25, 0.3) is 0 Å². The summed E-state index contributed by atoms with van der Waals surface area (Å²) in [6.45, 7) is 4.68. The number of halogens is 1. The van der Waals surface area contributed by atoms with E-state index < -0.39 is 0 Å². The zero-order valence-corrected chi connectivity index (χ0v) is 13.1. The fraction of sp³-hybridized carbons (Fsp3) is 0.714. The van der Waals surface area contributed by atoms with E-state index in [0.29, 0.717) is 0 Å². The van der Waals surface area contributed by atoms with Crippen LogP contribution in [0.1, 0.15) is 44.4 Å². The van der Waals surface area contributed by atoms with E-state index in [4.69, 9.17) is 5.73 Å². The SMILES string of the molecule is CC(C)C1CCC(N)(Cc2ccc(Br)s2)CC1. The second-order valence-corrected chi connectivity index (χ2v) is 8.37. The van der Waals surface area contributed by atoms with Crippen LogP contribution in [0, 0.1) is 11.8 Å². The lowest BCUT2D eigenvalue weighted by molar-refractivity contribution is 0.195. The van der Waals surface area contributed by atoms with E-state index in [0.717, 1.165) is 18.3 Å². The van der Waals surface area contributed by atoms with Crippen LogP contribution in [-0.2, 0) is 6.42 Å². The summed E-state index contributed by atoms with van der Waals surface area (Å²) in [5.41, 5.74) is 6.61. The van der Waals surface area contributed by atoms with Gasteiger partial charge in [-0.3, -0.25) is 0 Å². The van der Waals surface area contributed by atoms with Gasteiger partial charge >= 0.3 is 0 Å². The first-order valence-corrected chi connectivity index (χ1v) is 8.12. The van der Waals surface area contributed by atoms with Crippen molar-refractivity contribution in [1.29, 1.82) is 0 Å². The Balaban J connectivity index is 1.93. The molecule has 1 aromatic heterocycles. The van der Waals surface area contributed by atoms with Crippen molar-refractivity contribution in [2.45, 2.75) is 51.5 Å². The highest BCUT2D eigenvalue weighted by Gasteiger charge is 2.33. The lowest BCUT2D eigenvalue weighted by Crippen LogP contribution is -2.45. The fourth-order valence-electron chi connectivity index (χ4n) is 2.85. The molecule has 0 atom stereocenters. The van der Waals surface area contributed by atoms with E-state index in [2.05, 4.69) is 41.9 Å². The van der Waals surface area contributed by atoms with Crippen molar-refractivity contribution >= 4 is 27.3 Å². The summed E-state index contributed by atoms with van der Waals surface area (Å²) in [6.07, 6.45) is 6.03. The maximum atomic E-state index is 6.55. The number of thiophene rings is 1. The molecule has 1 fully saturated rings. The Bertz CT molecular complexity index is 364. The standard InChI is InChI=1S/C14H22BrNS/c1-10(2)11-5-7-14(16,8-6-11)9-12-3-4-13(15)17-12/h3-4,10-11H,5-9,16H2,1-2H3. The van der Waals surface area contributed by atoms with E-state index in [1.165, 1.54) is 34.3 Å². The van der Waals surface area contributed by atoms with Crippen molar-refractivity contribution in [3.63, 3.8) is 0 Å². The summed E-state index contributed by atoms with van der Waals surface area (Å²) in [5, 5.41) is 0. The highest BCUT2D eigenvalue weighted by molar-refractivity contribution is 9.11. The van der Waals surface area contributed by atoms with Gasteiger partial charge in [0.15, 0.2) is 0 Å². The Morgan fingerprint density at radius 2 is 2.06 bits per heavy atom. The molecule has 0 unspecified atom stereocenters. The third-order valence-electron chi connectivity index (χ3n) is 4.12. The highest BCUT2D eigenvalue weighted by atomic mass is 79.9. The lowest BCUT2D eigenvalue weighted by Gasteiger charge is -2.38. The van der Waals surface area contributed by atoms with Crippen LogP contribution in [-0.4, -0.2) is 5.54 Å². The van der Waals surface area contributed by atoms with E-state index in [1.54, 1.807) is 0 Å². The average Bonchev–Trinajstić information content (AvgIpc) is 2.63. The molecule has 0 aromatic carbocycles. The molecule has 0 radical (unpaired) electrons. The molecule has 1 aliphatic carbocycles. The first kappa shape index (κ1) is 13.6. The molecule has 0 bridgehead atoms. The predicted octanol–water partition coefficient (Wildman–Crippen LogP) is 4.60. The number of hydrogen-bond donors (Lipinski definition) is 1. The minimum atomic E-state index is 0.0513. The first-order valence-electron chi connectivity index (χ1n) is 6.52. The third kappa shape index (κ3) is 3.55. The van der Waals surface area contributed by atoms with Gasteiger partial charge in [-0.15, -0.1) is 11.3 Å². The van der Waals surface area contributed by atoms with Gasteiger partial charge in [0.2, 0.25) is 0 Å². The van der Waals surface area contributed by atoms with Crippen molar-refractivity contribution in [3.8, 4) is 0 Å². The monoisotopic (exact) mass is 315 g/mol. The van der Waals surface area contributed by atoms with Crippen molar-refractivity contribution in [2.75, 3.05) is 0 Å². The van der Waals surface area contributed by atoms with E-state index in [1.807, 2.05) is 11.3 Å². The lowest BCUT2D eigenvalue weighted by atomic mass is 9.72. The van der Waals surface area contributed by atoms with Gasteiger partial charge in [-0.05, 0) is 72.0 Å². The topological polar surface area (TPSA) is 26.0 Å². The smallest absolute Gasteiger partial charge is 0.0701 e. The molecule has 1 aromatic rings. The zero-order valence-electron chi connectivity index (χ0n) is 10.7. The van der Waals surface area contributed by atoms with Gasteiger partial charge in [0.05, 0.1) is 3.79 Å². The zero-order chi connectivity index (χ0) is 12.5. The Hall–Kier alpha value is 0.140. The van der Waals surface area contributed by atoms with Crippen molar-refractivity contribution in [3.05, 3.63) is 20.8 Å². The number of hydrogen-bond acceptors (Lipinski definition) is 2. The number of rotatable bonds is 3. The summed E-state index contributed by atoms with van der Waals surface area (Å²) in [7, 11) is 0. The molecule has 1 saturated carbocycles. The van der Waals surface area contributed by atoms with Crippen LogP contribution in [0.5, 0.6) is 0 Å². The highest BCUT2D eigenvalue weighted by Crippen LogP contribution is 2.37. The van der Waals surface area contributed by atoms with Gasteiger partial charge in [0.25, 0.3) is 0 Å². The predicted molar refractivity (Wildman–Crippen MR) is 79.4 cm³/mol. The van der Waals surface area contributed by atoms with Crippen LogP contribution in [0.15, 0.2) is 15.9 Å². The molecule has 0 aliphatic heterocycles. The van der Waals surface area contributed by atoms with Crippen LogP contribution in [0.4, 0.5) is 0 Å². The van der Waals surface area contributed by atoms with E-state index in [-0.39, 0.29) is 5.54 Å². The Kier molecular flexibility index (Phi) is 4.32. The molecule has 96 valence electrons. The minimum Gasteiger partial charge on any atom is -0.325 e. The van der Waals surface area contributed by atoms with E-state index >= 15 is 0 Å². The first-order chi connectivity index (χ1) is 7.98. The maximum absolute atomic E-state index is 6.55. The molecule has 17 heavy (non-hydrogen) atoms. The average molecular weight is 316 g/mol. The Morgan fingerprint density at radius 1 is 1.41 bits per heavy atom. The van der Waals surface area contributed by atoms with Gasteiger partial charge in [-0.2, -0.15) is 0 Å². The Morgan fingerprint density at radius 3 is 2.53 bits per heavy atom. The minimum absolute atomic E-state index is 0.0513. The second kappa shape index (κ2) is 5.41. The summed E-state index contributed by atoms with van der Waals surface area (Å²) in [5.74, 6) is 1.71. The van der Waals surface area contributed by atoms with Crippen LogP contribution < -0.4 is 5.73 Å². The van der Waals surface area contributed by atoms with Gasteiger partial charge in [0, 0.05) is 10.4 Å². The largest absolute Gasteiger partial charge is 0.325 e. The molecular formula is C14H22BrNS. The molecular weight excluding hydrogens is 294 g/mol. The van der Waals surface area contributed by atoms with Crippen LogP contribution in [0.2, 0.25) is 0 Å². The van der Waals surface area contributed by atoms with Crippen molar-refractivity contribution in [1.82, 2.24) is 0 Å². The molecule has 2 N–H and O–H groups in total. The molecule has 0 spiro atoms. The van der Waals surface area contributed by atoms with Crippen LogP contribution >= 0.6 is 27.3 Å². The quantitative estimate of drug-likeness (QED) is 0.867. The van der Waals surface area contributed by atoms with Gasteiger partial charge in [0.1, 0.15) is 0 Å². The summed E-state index contributed by atoms with van der Waals surface area (Å²) < 4.78 is 1.21. The summed E-state index contributed by atoms with van der Waals surface area (Å²) >= 11 is 5.34. The van der Waals surface area contributed by atoms with Gasteiger partial charge in [-0.25, -0.2) is 0 Å². The molecule has 0 saturated heterocycles. The fourth-order valence-corrected chi connectivity index (χ4v) is 4.49. The maximum Gasteiger partial charge on any atom is 0.0701 e. The molecule has 0 amide bonds. The molecule has 3 heteroatoms. The summed E-state index contributed by atoms with van der Waals surface area (Å²) in [6, 6.07) is 4.33. The van der Waals surface area contributed by atoms with Gasteiger partial charge < -0.3 is 5.73 Å². The normalized spacial score (nSPS) is 29.8. The van der Waals surface area contributed by atoms with E-state index in [9.17, 15) is 0 Å². The van der Waals surface area contributed by atoms with Gasteiger partial charge in [-0.1, -0.05) is 13.8 Å². The number of nitrogens with two attached hydrogens (primary N) is 1. The van der Waals surface area contributed by atoms with Crippen LogP contribution in [0.3, 0.4) is 0 Å². The molecule has 1 aliphatic rings. The van der Waals surface area contributed by atoms with Crippen molar-refractivity contribution in [2.24, 2.45) is 17.6 Å². The molecule has 1 nitrogen and oxygen atoms in total. The Labute approximate surface area is 117 Å². The molecule has 2 rings (SSSR count). The molecule has 1 heterocycles. The van der Waals surface area contributed by atoms with Crippen molar-refractivity contribution < 1.29 is 0 Å². The third-order valence-corrected chi connectivity index (χ3v) is 5.75. The summed E-state index contributed by atoms with van der Waals surface area (Å²) in [4.78, 5) is 1.42.